The van der Waals surface area contributed by atoms with E-state index in [1.807, 2.05) is 30.3 Å². The van der Waals surface area contributed by atoms with E-state index in [1.54, 1.807) is 6.92 Å². The molecule has 2 N–H and O–H groups in total. The number of aromatic nitrogens is 2. The van der Waals surface area contributed by atoms with E-state index in [4.69, 9.17) is 9.26 Å². The summed E-state index contributed by atoms with van der Waals surface area (Å²) in [5.41, 5.74) is 2.04. The van der Waals surface area contributed by atoms with Gasteiger partial charge in [-0.05, 0) is 25.7 Å². The van der Waals surface area contributed by atoms with E-state index in [2.05, 4.69) is 15.5 Å². The molecule has 1 amide bonds. The molecule has 7 heteroatoms. The Morgan fingerprint density at radius 1 is 1.30 bits per heavy atom. The fraction of sp³-hybridized carbons (Fsp3) is 0.250. The summed E-state index contributed by atoms with van der Waals surface area (Å²) in [6.45, 7) is 2.31. The zero-order valence-corrected chi connectivity index (χ0v) is 14.8. The lowest BCUT2D eigenvalue weighted by Gasteiger charge is -2.03. The van der Waals surface area contributed by atoms with Crippen LogP contribution in [0.2, 0.25) is 0 Å². The van der Waals surface area contributed by atoms with E-state index in [0.29, 0.717) is 35.0 Å². The highest BCUT2D eigenvalue weighted by atomic mass is 16.6. The molecule has 0 unspecified atom stereocenters. The van der Waals surface area contributed by atoms with Gasteiger partial charge in [0.25, 0.3) is 0 Å². The molecule has 7 nitrogen and oxygen atoms in total. The molecule has 0 saturated heterocycles. The lowest BCUT2D eigenvalue weighted by Crippen LogP contribution is -2.28. The van der Waals surface area contributed by atoms with Crippen LogP contribution in [0.15, 0.2) is 47.1 Å². The van der Waals surface area contributed by atoms with E-state index in [0.717, 1.165) is 18.4 Å². The smallest absolute Gasteiger partial charge is 0.393 e. The number of aryl methyl sites for hydroxylation is 1. The summed E-state index contributed by atoms with van der Waals surface area (Å²) in [4.78, 5) is 27.6. The van der Waals surface area contributed by atoms with Crippen LogP contribution >= 0.6 is 0 Å². The van der Waals surface area contributed by atoms with Gasteiger partial charge in [0.1, 0.15) is 11.5 Å². The molecule has 0 spiro atoms. The number of nitrogens with one attached hydrogen (secondary N) is 2. The van der Waals surface area contributed by atoms with Crippen molar-refractivity contribution >= 4 is 11.9 Å². The second-order valence-electron chi connectivity index (χ2n) is 6.62. The van der Waals surface area contributed by atoms with Gasteiger partial charge in [-0.1, -0.05) is 35.5 Å². The van der Waals surface area contributed by atoms with Gasteiger partial charge in [0, 0.05) is 29.9 Å². The summed E-state index contributed by atoms with van der Waals surface area (Å²) in [5, 5.41) is 6.74. The standard InChI is InChI=1S/C20H19N3O4/c1-12-17(18(23-27-12)14-5-3-2-4-6-14)19(24)15-9-16(21-11-15)26-20(25)22-10-13-7-8-13/h2-6,9,11,13,21H,7-8,10H2,1H3,(H,22,25). The van der Waals surface area contributed by atoms with Crippen LogP contribution in [0.25, 0.3) is 11.3 Å². The Morgan fingerprint density at radius 3 is 2.81 bits per heavy atom. The van der Waals surface area contributed by atoms with Crippen LogP contribution in [-0.4, -0.2) is 28.6 Å². The van der Waals surface area contributed by atoms with Crippen molar-refractivity contribution in [3.63, 3.8) is 0 Å². The number of rotatable bonds is 6. The molecule has 1 saturated carbocycles. The average Bonchev–Trinajstić information content (AvgIpc) is 3.26. The maximum Gasteiger partial charge on any atom is 0.413 e. The molecule has 0 atom stereocenters. The van der Waals surface area contributed by atoms with Gasteiger partial charge in [0.05, 0.1) is 5.56 Å². The van der Waals surface area contributed by atoms with Crippen molar-refractivity contribution in [2.24, 2.45) is 5.92 Å². The Hall–Kier alpha value is -3.35. The number of ketones is 1. The first-order valence-corrected chi connectivity index (χ1v) is 8.82. The zero-order valence-electron chi connectivity index (χ0n) is 14.8. The fourth-order valence-electron chi connectivity index (χ4n) is 2.83. The minimum Gasteiger partial charge on any atom is -0.393 e. The maximum atomic E-state index is 13.0. The van der Waals surface area contributed by atoms with E-state index < -0.39 is 6.09 Å². The van der Waals surface area contributed by atoms with Crippen molar-refractivity contribution in [2.75, 3.05) is 6.54 Å². The summed E-state index contributed by atoms with van der Waals surface area (Å²) in [5.74, 6) is 0.954. The van der Waals surface area contributed by atoms with Crippen LogP contribution < -0.4 is 10.1 Å². The largest absolute Gasteiger partial charge is 0.413 e. The molecule has 0 bridgehead atoms. The van der Waals surface area contributed by atoms with E-state index in [1.165, 1.54) is 12.3 Å². The highest BCUT2D eigenvalue weighted by Crippen LogP contribution is 2.29. The molecule has 1 fully saturated rings. The van der Waals surface area contributed by atoms with E-state index in [-0.39, 0.29) is 11.7 Å². The molecule has 0 radical (unpaired) electrons. The molecular weight excluding hydrogens is 346 g/mol. The molecule has 1 aliphatic carbocycles. The van der Waals surface area contributed by atoms with Crippen LogP contribution in [0, 0.1) is 12.8 Å². The van der Waals surface area contributed by atoms with Crippen LogP contribution in [0.4, 0.5) is 4.79 Å². The molecule has 2 aromatic heterocycles. The molecule has 3 aromatic rings. The van der Waals surface area contributed by atoms with Gasteiger partial charge in [-0.25, -0.2) is 4.79 Å². The topological polar surface area (TPSA) is 97.2 Å². The van der Waals surface area contributed by atoms with Gasteiger partial charge in [-0.3, -0.25) is 4.79 Å². The van der Waals surface area contributed by atoms with Crippen molar-refractivity contribution in [3.8, 4) is 17.1 Å². The van der Waals surface area contributed by atoms with Crippen LogP contribution in [0.1, 0.15) is 34.5 Å². The number of amides is 1. The summed E-state index contributed by atoms with van der Waals surface area (Å²) < 4.78 is 10.4. The number of hydrogen-bond acceptors (Lipinski definition) is 5. The highest BCUT2D eigenvalue weighted by molar-refractivity contribution is 6.13. The van der Waals surface area contributed by atoms with Crippen LogP contribution in [0.5, 0.6) is 5.88 Å². The number of aromatic amines is 1. The first kappa shape index (κ1) is 17.1. The number of carbonyl (C=O) groups excluding carboxylic acids is 2. The molecule has 4 rings (SSSR count). The number of benzene rings is 1. The first-order valence-electron chi connectivity index (χ1n) is 8.82. The van der Waals surface area contributed by atoms with E-state index in [9.17, 15) is 9.59 Å². The summed E-state index contributed by atoms with van der Waals surface area (Å²) in [6, 6.07) is 10.9. The van der Waals surface area contributed by atoms with Gasteiger partial charge in [-0.15, -0.1) is 0 Å². The number of nitrogens with zero attached hydrogens (tertiary/aromatic N) is 1. The molecule has 1 aromatic carbocycles. The maximum absolute atomic E-state index is 13.0. The average molecular weight is 365 g/mol. The number of ether oxygens (including phenoxy) is 1. The monoisotopic (exact) mass is 365 g/mol. The van der Waals surface area contributed by atoms with Crippen molar-refractivity contribution in [1.82, 2.24) is 15.5 Å². The second kappa shape index (κ2) is 7.11. The second-order valence-corrected chi connectivity index (χ2v) is 6.62. The number of carbonyl (C=O) groups is 2. The minimum atomic E-state index is -0.533. The van der Waals surface area contributed by atoms with Crippen molar-refractivity contribution in [1.29, 1.82) is 0 Å². The van der Waals surface area contributed by atoms with Gasteiger partial charge < -0.3 is 19.6 Å². The molecule has 2 heterocycles. The molecule has 1 aliphatic rings. The van der Waals surface area contributed by atoms with Crippen molar-refractivity contribution in [3.05, 3.63) is 59.5 Å². The van der Waals surface area contributed by atoms with Gasteiger partial charge in [-0.2, -0.15) is 0 Å². The minimum absolute atomic E-state index is 0.210. The molecule has 138 valence electrons. The lowest BCUT2D eigenvalue weighted by atomic mass is 10.00. The highest BCUT2D eigenvalue weighted by Gasteiger charge is 2.25. The predicted molar refractivity (Wildman–Crippen MR) is 97.7 cm³/mol. The summed E-state index contributed by atoms with van der Waals surface area (Å²) in [6.07, 6.45) is 3.26. The van der Waals surface area contributed by atoms with Crippen LogP contribution in [-0.2, 0) is 0 Å². The van der Waals surface area contributed by atoms with E-state index >= 15 is 0 Å². The Labute approximate surface area is 155 Å². The zero-order chi connectivity index (χ0) is 18.8. The third-order valence-corrected chi connectivity index (χ3v) is 4.49. The molecule has 0 aliphatic heterocycles. The summed E-state index contributed by atoms with van der Waals surface area (Å²) >= 11 is 0. The van der Waals surface area contributed by atoms with Gasteiger partial charge in [0.15, 0.2) is 0 Å². The fourth-order valence-corrected chi connectivity index (χ4v) is 2.83. The van der Waals surface area contributed by atoms with Gasteiger partial charge >= 0.3 is 6.09 Å². The quantitative estimate of drug-likeness (QED) is 0.649. The van der Waals surface area contributed by atoms with Crippen LogP contribution in [0.3, 0.4) is 0 Å². The summed E-state index contributed by atoms with van der Waals surface area (Å²) in [7, 11) is 0. The third kappa shape index (κ3) is 3.76. The van der Waals surface area contributed by atoms with Crippen molar-refractivity contribution in [2.45, 2.75) is 19.8 Å². The van der Waals surface area contributed by atoms with Gasteiger partial charge in [0.2, 0.25) is 11.7 Å². The molecular formula is C20H19N3O4. The first-order chi connectivity index (χ1) is 13.1. The SMILES string of the molecule is Cc1onc(-c2ccccc2)c1C(=O)c1c[nH]c(OC(=O)NCC2CC2)c1. The number of hydrogen-bond donors (Lipinski definition) is 2. The predicted octanol–water partition coefficient (Wildman–Crippen LogP) is 3.71. The third-order valence-electron chi connectivity index (χ3n) is 4.49. The Bertz CT molecular complexity index is 970. The Morgan fingerprint density at radius 2 is 2.07 bits per heavy atom. The Kier molecular flexibility index (Phi) is 4.50. The van der Waals surface area contributed by atoms with Crippen molar-refractivity contribution < 1.29 is 18.8 Å². The molecule has 27 heavy (non-hydrogen) atoms. The normalized spacial score (nSPS) is 13.4. The Balaban J connectivity index is 1.51. The number of H-pyrrole nitrogens is 1. The lowest BCUT2D eigenvalue weighted by molar-refractivity contribution is 0.103.